The van der Waals surface area contributed by atoms with E-state index in [-0.39, 0.29) is 42.3 Å². The van der Waals surface area contributed by atoms with Crippen molar-refractivity contribution >= 4 is 11.8 Å². The number of amides is 2. The van der Waals surface area contributed by atoms with Gasteiger partial charge in [0.05, 0.1) is 24.2 Å². The van der Waals surface area contributed by atoms with Gasteiger partial charge in [0.25, 0.3) is 0 Å². The molecule has 4 aliphatic rings. The van der Waals surface area contributed by atoms with Crippen LogP contribution in [0.1, 0.15) is 105 Å². The molecular formula is C37H70F2N8O2. The zero-order valence-corrected chi connectivity index (χ0v) is 31.1. The van der Waals surface area contributed by atoms with Crippen LogP contribution in [0.25, 0.3) is 0 Å². The largest absolute Gasteiger partial charge is 0.350 e. The molecular weight excluding hydrogens is 626 g/mol. The third-order valence-corrected chi connectivity index (χ3v) is 12.1. The van der Waals surface area contributed by atoms with E-state index in [0.717, 1.165) is 77.5 Å². The summed E-state index contributed by atoms with van der Waals surface area (Å²) in [7, 11) is 0. The van der Waals surface area contributed by atoms with E-state index in [2.05, 4.69) is 51.4 Å². The van der Waals surface area contributed by atoms with Crippen LogP contribution in [-0.2, 0) is 9.59 Å². The minimum absolute atomic E-state index is 0.0443. The van der Waals surface area contributed by atoms with E-state index < -0.39 is 36.5 Å². The number of hydrogen-bond donors (Lipinski definition) is 5. The van der Waals surface area contributed by atoms with Gasteiger partial charge in [0.2, 0.25) is 11.8 Å². The Balaban J connectivity index is 1.49. The summed E-state index contributed by atoms with van der Waals surface area (Å²) in [5.74, 6) is -0.681. The molecule has 0 aromatic heterocycles. The topological polar surface area (TPSA) is 132 Å². The first-order chi connectivity index (χ1) is 23.6. The van der Waals surface area contributed by atoms with Crippen molar-refractivity contribution in [2.24, 2.45) is 29.2 Å². The molecule has 10 atom stereocenters. The number of halogens is 2. The van der Waals surface area contributed by atoms with E-state index in [1.165, 1.54) is 0 Å². The maximum atomic E-state index is 17.0. The van der Waals surface area contributed by atoms with Gasteiger partial charge in [0, 0.05) is 63.3 Å². The number of carbonyl (C=O) groups excluding carboxylic acids is 2. The van der Waals surface area contributed by atoms with Crippen LogP contribution in [0.3, 0.4) is 0 Å². The molecule has 2 bridgehead atoms. The predicted molar refractivity (Wildman–Crippen MR) is 193 cm³/mol. The van der Waals surface area contributed by atoms with Crippen LogP contribution in [0.5, 0.6) is 0 Å². The molecule has 4 saturated heterocycles. The van der Waals surface area contributed by atoms with E-state index in [1.807, 2.05) is 6.92 Å². The van der Waals surface area contributed by atoms with Crippen LogP contribution in [0, 0.1) is 17.8 Å². The molecule has 2 amide bonds. The normalized spacial score (nSPS) is 30.7. The van der Waals surface area contributed by atoms with Gasteiger partial charge in [-0.3, -0.25) is 19.4 Å². The number of nitrogens with zero attached hydrogens (tertiary/aromatic N) is 3. The molecule has 0 spiro atoms. The van der Waals surface area contributed by atoms with E-state index in [9.17, 15) is 14.0 Å². The second kappa shape index (κ2) is 20.0. The van der Waals surface area contributed by atoms with Crippen LogP contribution in [0.4, 0.5) is 8.78 Å². The average Bonchev–Trinajstić information content (AvgIpc) is 3.46. The standard InChI is InChI=1S/C37H70F2N8O2/c1-5-9-10-13-29(42-22-27(38)12-7-3)31(35(40)41)36(48)44-30-23-43-33(25(8-4)11-6-2)32(39)34(30)46-18-14-26(15-19-46)37(49)47-21-20-45-17-16-28(47)24-45/h25-35,42-43H,5-24,40-41H2,1-4H3,(H,44,48). The minimum Gasteiger partial charge on any atom is -0.350 e. The molecule has 10 unspecified atom stereocenters. The van der Waals surface area contributed by atoms with Crippen molar-refractivity contribution < 1.29 is 18.4 Å². The average molecular weight is 697 g/mol. The molecule has 0 radical (unpaired) electrons. The summed E-state index contributed by atoms with van der Waals surface area (Å²) in [6.45, 7) is 14.0. The van der Waals surface area contributed by atoms with E-state index >= 15 is 4.39 Å². The molecule has 4 rings (SSSR count). The van der Waals surface area contributed by atoms with Crippen molar-refractivity contribution in [2.45, 2.75) is 153 Å². The van der Waals surface area contributed by atoms with Crippen LogP contribution in [-0.4, -0.2) is 128 Å². The van der Waals surface area contributed by atoms with Gasteiger partial charge in [-0.1, -0.05) is 66.2 Å². The monoisotopic (exact) mass is 697 g/mol. The third kappa shape index (κ3) is 10.6. The predicted octanol–water partition coefficient (Wildman–Crippen LogP) is 3.14. The number of alkyl halides is 2. The molecule has 4 heterocycles. The number of piperidine rings is 2. The molecule has 0 aromatic rings. The molecule has 12 heteroatoms. The van der Waals surface area contributed by atoms with Gasteiger partial charge in [-0.05, 0) is 57.5 Å². The summed E-state index contributed by atoms with van der Waals surface area (Å²) >= 11 is 0. The zero-order valence-electron chi connectivity index (χ0n) is 31.1. The Labute approximate surface area is 295 Å². The first-order valence-electron chi connectivity index (χ1n) is 20.0. The molecule has 10 nitrogen and oxygen atoms in total. The Kier molecular flexibility index (Phi) is 16.4. The lowest BCUT2D eigenvalue weighted by molar-refractivity contribution is -0.141. The van der Waals surface area contributed by atoms with Crippen molar-refractivity contribution in [1.82, 2.24) is 30.7 Å². The number of piperazine rings is 1. The van der Waals surface area contributed by atoms with Crippen molar-refractivity contribution in [1.29, 1.82) is 0 Å². The molecule has 0 saturated carbocycles. The highest BCUT2D eigenvalue weighted by Gasteiger charge is 2.48. The van der Waals surface area contributed by atoms with Crippen LogP contribution < -0.4 is 27.4 Å². The lowest BCUT2D eigenvalue weighted by Gasteiger charge is -2.49. The maximum Gasteiger partial charge on any atom is 0.227 e. The van der Waals surface area contributed by atoms with Crippen LogP contribution in [0.15, 0.2) is 0 Å². The molecule has 0 aliphatic carbocycles. The number of hydrogen-bond acceptors (Lipinski definition) is 8. The highest BCUT2D eigenvalue weighted by atomic mass is 19.1. The van der Waals surface area contributed by atoms with Crippen LogP contribution >= 0.6 is 0 Å². The fourth-order valence-electron chi connectivity index (χ4n) is 9.25. The van der Waals surface area contributed by atoms with Gasteiger partial charge in [-0.2, -0.15) is 0 Å². The van der Waals surface area contributed by atoms with E-state index in [4.69, 9.17) is 11.5 Å². The zero-order chi connectivity index (χ0) is 35.5. The summed E-state index contributed by atoms with van der Waals surface area (Å²) in [4.78, 5) is 34.6. The first-order valence-corrected chi connectivity index (χ1v) is 20.0. The van der Waals surface area contributed by atoms with Crippen molar-refractivity contribution in [3.63, 3.8) is 0 Å². The molecule has 284 valence electrons. The first kappa shape index (κ1) is 40.3. The number of carbonyl (C=O) groups is 2. The number of unbranched alkanes of at least 4 members (excludes halogenated alkanes) is 2. The fraction of sp³-hybridized carbons (Fsp3) is 0.946. The lowest BCUT2D eigenvalue weighted by atomic mass is 9.80. The molecule has 4 aliphatic heterocycles. The summed E-state index contributed by atoms with van der Waals surface area (Å²) in [5.41, 5.74) is 12.6. The Morgan fingerprint density at radius 2 is 1.65 bits per heavy atom. The Hall–Kier alpha value is -1.44. The Morgan fingerprint density at radius 3 is 2.31 bits per heavy atom. The van der Waals surface area contributed by atoms with Gasteiger partial charge in [0.1, 0.15) is 12.3 Å². The van der Waals surface area contributed by atoms with E-state index in [0.29, 0.717) is 51.4 Å². The maximum absolute atomic E-state index is 17.0. The highest BCUT2D eigenvalue weighted by molar-refractivity contribution is 5.81. The summed E-state index contributed by atoms with van der Waals surface area (Å²) in [6, 6.07) is -1.39. The summed E-state index contributed by atoms with van der Waals surface area (Å²) in [6.07, 6.45) is 6.81. The van der Waals surface area contributed by atoms with Gasteiger partial charge in [-0.15, -0.1) is 0 Å². The minimum atomic E-state index is -1.20. The summed E-state index contributed by atoms with van der Waals surface area (Å²) in [5, 5.41) is 10.0. The van der Waals surface area contributed by atoms with Gasteiger partial charge >= 0.3 is 0 Å². The number of nitrogens with one attached hydrogen (secondary N) is 3. The second-order valence-corrected chi connectivity index (χ2v) is 15.5. The third-order valence-electron chi connectivity index (χ3n) is 12.1. The number of fused-ring (bicyclic) bond motifs is 2. The second-order valence-electron chi connectivity index (χ2n) is 15.5. The number of nitrogens with two attached hydrogens (primary N) is 2. The molecule has 0 aromatic carbocycles. The van der Waals surface area contributed by atoms with Gasteiger partial charge < -0.3 is 32.3 Å². The van der Waals surface area contributed by atoms with Gasteiger partial charge in [-0.25, -0.2) is 8.78 Å². The van der Waals surface area contributed by atoms with Crippen LogP contribution in [0.2, 0.25) is 0 Å². The SMILES string of the molecule is CCCCCC(NCC(F)CCC)C(C(=O)NC1CNC(C(CC)CCC)C(F)C1N1CCC(C(=O)N2CCN3CCC2C3)CC1)C(N)N. The number of rotatable bonds is 19. The van der Waals surface area contributed by atoms with Gasteiger partial charge in [0.15, 0.2) is 0 Å². The number of likely N-dealkylation sites (tertiary alicyclic amines) is 1. The van der Waals surface area contributed by atoms with Crippen molar-refractivity contribution in [3.8, 4) is 0 Å². The smallest absolute Gasteiger partial charge is 0.227 e. The van der Waals surface area contributed by atoms with E-state index in [1.54, 1.807) is 0 Å². The summed E-state index contributed by atoms with van der Waals surface area (Å²) < 4.78 is 31.6. The lowest BCUT2D eigenvalue weighted by Crippen LogP contribution is -2.71. The Bertz CT molecular complexity index is 1000. The highest BCUT2D eigenvalue weighted by Crippen LogP contribution is 2.33. The van der Waals surface area contributed by atoms with Crippen molar-refractivity contribution in [3.05, 3.63) is 0 Å². The fourth-order valence-corrected chi connectivity index (χ4v) is 9.25. The van der Waals surface area contributed by atoms with Crippen molar-refractivity contribution in [2.75, 3.05) is 52.4 Å². The molecule has 49 heavy (non-hydrogen) atoms. The molecule has 4 fully saturated rings. The molecule has 7 N–H and O–H groups in total. The Morgan fingerprint density at radius 1 is 0.918 bits per heavy atom. The quantitative estimate of drug-likeness (QED) is 0.103.